The first kappa shape index (κ1) is 20.0. The molecule has 1 atom stereocenters. The quantitative estimate of drug-likeness (QED) is 0.498. The van der Waals surface area contributed by atoms with Gasteiger partial charge in [-0.05, 0) is 30.4 Å². The number of H-pyrrole nitrogens is 1. The van der Waals surface area contributed by atoms with E-state index in [4.69, 9.17) is 4.74 Å². The molecule has 0 spiro atoms. The van der Waals surface area contributed by atoms with Crippen LogP contribution in [-0.4, -0.2) is 29.5 Å². The van der Waals surface area contributed by atoms with Crippen molar-refractivity contribution >= 4 is 22.8 Å². The highest BCUT2D eigenvalue weighted by atomic mass is 16.5. The van der Waals surface area contributed by atoms with E-state index in [1.165, 1.54) is 0 Å². The number of amides is 1. The average Bonchev–Trinajstić information content (AvgIpc) is 3.02. The van der Waals surface area contributed by atoms with Gasteiger partial charge in [-0.3, -0.25) is 4.79 Å². The largest absolute Gasteiger partial charge is 0.464 e. The van der Waals surface area contributed by atoms with E-state index in [0.717, 1.165) is 35.7 Å². The van der Waals surface area contributed by atoms with Gasteiger partial charge in [0.2, 0.25) is 5.91 Å². The van der Waals surface area contributed by atoms with Crippen molar-refractivity contribution in [2.24, 2.45) is 5.92 Å². The normalized spacial score (nSPS) is 12.3. The maximum absolute atomic E-state index is 12.5. The first-order valence-corrected chi connectivity index (χ1v) is 9.52. The maximum Gasteiger partial charge on any atom is 0.328 e. The molecule has 0 radical (unpaired) electrons. The summed E-state index contributed by atoms with van der Waals surface area (Å²) in [5.41, 5.74) is 2.02. The standard InChI is InChI=1S/C21H30N2O3/c1-4-5-12-26-21(25)19(23-20(24)11-10-15(2)3)13-16-14-22-18-9-7-6-8-17(16)18/h6-9,14-15,19,22H,4-5,10-13H2,1-3H3,(H,23,24)/t19-/m0/s1. The zero-order valence-corrected chi connectivity index (χ0v) is 16.0. The van der Waals surface area contributed by atoms with Gasteiger partial charge >= 0.3 is 5.97 Å². The number of nitrogens with one attached hydrogen (secondary N) is 2. The lowest BCUT2D eigenvalue weighted by Gasteiger charge is -2.18. The fourth-order valence-corrected chi connectivity index (χ4v) is 2.82. The number of carbonyl (C=O) groups excluding carboxylic acids is 2. The second-order valence-corrected chi connectivity index (χ2v) is 7.14. The Kier molecular flexibility index (Phi) is 7.70. The first-order valence-electron chi connectivity index (χ1n) is 9.52. The van der Waals surface area contributed by atoms with Gasteiger partial charge in [0, 0.05) is 29.9 Å². The van der Waals surface area contributed by atoms with E-state index < -0.39 is 6.04 Å². The van der Waals surface area contributed by atoms with Gasteiger partial charge in [-0.15, -0.1) is 0 Å². The minimum Gasteiger partial charge on any atom is -0.464 e. The van der Waals surface area contributed by atoms with Crippen LogP contribution in [0.4, 0.5) is 0 Å². The Morgan fingerprint density at radius 1 is 1.23 bits per heavy atom. The molecular formula is C21H30N2O3. The zero-order valence-electron chi connectivity index (χ0n) is 16.0. The molecule has 0 fully saturated rings. The van der Waals surface area contributed by atoms with Crippen LogP contribution in [0.5, 0.6) is 0 Å². The van der Waals surface area contributed by atoms with Crippen molar-refractivity contribution in [3.63, 3.8) is 0 Å². The van der Waals surface area contributed by atoms with E-state index in [2.05, 4.69) is 24.1 Å². The molecular weight excluding hydrogens is 328 g/mol. The van der Waals surface area contributed by atoms with Crippen LogP contribution in [0.25, 0.3) is 10.9 Å². The summed E-state index contributed by atoms with van der Waals surface area (Å²) in [5, 5.41) is 3.94. The molecule has 2 N–H and O–H groups in total. The van der Waals surface area contributed by atoms with Gasteiger partial charge in [-0.25, -0.2) is 4.79 Å². The van der Waals surface area contributed by atoms with Gasteiger partial charge in [0.15, 0.2) is 0 Å². The topological polar surface area (TPSA) is 71.2 Å². The fraction of sp³-hybridized carbons (Fsp3) is 0.524. The summed E-state index contributed by atoms with van der Waals surface area (Å²) in [6, 6.07) is 7.28. The Morgan fingerprint density at radius 2 is 2.00 bits per heavy atom. The summed E-state index contributed by atoms with van der Waals surface area (Å²) in [7, 11) is 0. The maximum atomic E-state index is 12.5. The third-order valence-corrected chi connectivity index (χ3v) is 4.41. The summed E-state index contributed by atoms with van der Waals surface area (Å²) in [6.45, 7) is 6.60. The number of carbonyl (C=O) groups is 2. The van der Waals surface area contributed by atoms with Crippen LogP contribution in [0.2, 0.25) is 0 Å². The fourth-order valence-electron chi connectivity index (χ4n) is 2.82. The van der Waals surface area contributed by atoms with Crippen molar-refractivity contribution in [3.05, 3.63) is 36.0 Å². The number of unbranched alkanes of at least 4 members (excludes halogenated alkanes) is 1. The summed E-state index contributed by atoms with van der Waals surface area (Å²) in [4.78, 5) is 28.0. The second-order valence-electron chi connectivity index (χ2n) is 7.14. The van der Waals surface area contributed by atoms with Crippen LogP contribution in [0, 0.1) is 5.92 Å². The van der Waals surface area contributed by atoms with E-state index >= 15 is 0 Å². The van der Waals surface area contributed by atoms with Crippen molar-refractivity contribution in [1.29, 1.82) is 0 Å². The SMILES string of the molecule is CCCCOC(=O)[C@H](Cc1c[nH]c2ccccc12)NC(=O)CCC(C)C. The molecule has 5 nitrogen and oxygen atoms in total. The van der Waals surface area contributed by atoms with Gasteiger partial charge in [0.1, 0.15) is 6.04 Å². The number of hydrogen-bond donors (Lipinski definition) is 2. The predicted octanol–water partition coefficient (Wildman–Crippen LogP) is 3.97. The van der Waals surface area contributed by atoms with Crippen LogP contribution >= 0.6 is 0 Å². The molecule has 2 rings (SSSR count). The summed E-state index contributed by atoms with van der Waals surface area (Å²) < 4.78 is 5.37. The van der Waals surface area contributed by atoms with Crippen LogP contribution in [0.15, 0.2) is 30.5 Å². The van der Waals surface area contributed by atoms with Gasteiger partial charge in [-0.1, -0.05) is 45.4 Å². The van der Waals surface area contributed by atoms with Gasteiger partial charge in [-0.2, -0.15) is 0 Å². The third kappa shape index (κ3) is 5.90. The number of aromatic nitrogens is 1. The molecule has 5 heteroatoms. The highest BCUT2D eigenvalue weighted by molar-refractivity contribution is 5.87. The Balaban J connectivity index is 2.08. The minimum absolute atomic E-state index is 0.101. The molecule has 26 heavy (non-hydrogen) atoms. The lowest BCUT2D eigenvalue weighted by atomic mass is 10.0. The average molecular weight is 358 g/mol. The lowest BCUT2D eigenvalue weighted by Crippen LogP contribution is -2.43. The number of ether oxygens (including phenoxy) is 1. The van der Waals surface area contributed by atoms with Gasteiger partial charge < -0.3 is 15.0 Å². The number of esters is 1. The molecule has 0 aliphatic heterocycles. The van der Waals surface area contributed by atoms with E-state index in [1.807, 2.05) is 37.4 Å². The second kappa shape index (κ2) is 10.00. The minimum atomic E-state index is -0.661. The number of rotatable bonds is 10. The van der Waals surface area contributed by atoms with E-state index in [9.17, 15) is 9.59 Å². The summed E-state index contributed by atoms with van der Waals surface area (Å²) in [5.74, 6) is -0.0121. The van der Waals surface area contributed by atoms with Crippen LogP contribution < -0.4 is 5.32 Å². The van der Waals surface area contributed by atoms with Crippen LogP contribution in [0.1, 0.15) is 52.0 Å². The smallest absolute Gasteiger partial charge is 0.328 e. The number of benzene rings is 1. The molecule has 1 amide bonds. The molecule has 1 aromatic carbocycles. The van der Waals surface area contributed by atoms with Crippen LogP contribution in [-0.2, 0) is 20.7 Å². The van der Waals surface area contributed by atoms with Crippen molar-refractivity contribution in [2.45, 2.75) is 58.9 Å². The van der Waals surface area contributed by atoms with E-state index in [0.29, 0.717) is 25.4 Å². The third-order valence-electron chi connectivity index (χ3n) is 4.41. The Morgan fingerprint density at radius 3 is 2.73 bits per heavy atom. The molecule has 1 aromatic heterocycles. The Hall–Kier alpha value is -2.30. The number of para-hydroxylation sites is 1. The van der Waals surface area contributed by atoms with Crippen molar-refractivity contribution in [3.8, 4) is 0 Å². The van der Waals surface area contributed by atoms with E-state index in [1.54, 1.807) is 0 Å². The number of fused-ring (bicyclic) bond motifs is 1. The monoisotopic (exact) mass is 358 g/mol. The van der Waals surface area contributed by atoms with E-state index in [-0.39, 0.29) is 11.9 Å². The van der Waals surface area contributed by atoms with Crippen molar-refractivity contribution < 1.29 is 14.3 Å². The molecule has 0 bridgehead atoms. The molecule has 1 heterocycles. The molecule has 0 unspecified atom stereocenters. The molecule has 0 saturated carbocycles. The Labute approximate surface area is 155 Å². The van der Waals surface area contributed by atoms with Gasteiger partial charge in [0.25, 0.3) is 0 Å². The van der Waals surface area contributed by atoms with Gasteiger partial charge in [0.05, 0.1) is 6.61 Å². The first-order chi connectivity index (χ1) is 12.5. The predicted molar refractivity (Wildman–Crippen MR) is 104 cm³/mol. The number of aromatic amines is 1. The molecule has 0 saturated heterocycles. The number of hydrogen-bond acceptors (Lipinski definition) is 3. The molecule has 142 valence electrons. The van der Waals surface area contributed by atoms with Crippen molar-refractivity contribution in [2.75, 3.05) is 6.61 Å². The molecule has 0 aliphatic carbocycles. The molecule has 0 aliphatic rings. The summed E-state index contributed by atoms with van der Waals surface area (Å²) in [6.07, 6.45) is 5.33. The zero-order chi connectivity index (χ0) is 18.9. The van der Waals surface area contributed by atoms with Crippen molar-refractivity contribution in [1.82, 2.24) is 10.3 Å². The lowest BCUT2D eigenvalue weighted by molar-refractivity contribution is -0.148. The Bertz CT molecular complexity index is 721. The highest BCUT2D eigenvalue weighted by Gasteiger charge is 2.24. The summed E-state index contributed by atoms with van der Waals surface area (Å²) >= 11 is 0. The molecule has 2 aromatic rings. The van der Waals surface area contributed by atoms with Crippen LogP contribution in [0.3, 0.4) is 0 Å². The highest BCUT2D eigenvalue weighted by Crippen LogP contribution is 2.19.